The Balaban J connectivity index is 1.73. The van der Waals surface area contributed by atoms with E-state index in [1.165, 1.54) is 12.8 Å². The Hall–Kier alpha value is -0.140. The third kappa shape index (κ3) is 3.29. The van der Waals surface area contributed by atoms with E-state index in [0.717, 1.165) is 29.1 Å². The second kappa shape index (κ2) is 6.16. The van der Waals surface area contributed by atoms with Gasteiger partial charge in [0.1, 0.15) is 10.8 Å². The van der Waals surface area contributed by atoms with Gasteiger partial charge >= 0.3 is 0 Å². The quantitative estimate of drug-likeness (QED) is 0.545. The molecule has 1 aromatic rings. The molecule has 2 fully saturated rings. The lowest BCUT2D eigenvalue weighted by Gasteiger charge is -2.43. The van der Waals surface area contributed by atoms with Crippen LogP contribution in [-0.4, -0.2) is 41.6 Å². The van der Waals surface area contributed by atoms with Gasteiger partial charge in [0, 0.05) is 35.3 Å². The van der Waals surface area contributed by atoms with Gasteiger partial charge in [-0.3, -0.25) is 4.90 Å². The first-order valence-electron chi connectivity index (χ1n) is 7.49. The lowest BCUT2D eigenvalue weighted by atomic mass is 10.1. The van der Waals surface area contributed by atoms with Gasteiger partial charge < -0.3 is 4.90 Å². The number of anilines is 1. The standard InChI is InChI=1S/C15H20ClFIN3/c1-9-8-20(10(2)11-3-4-11)5-6-21(9)13-7-12(18)14(16)15(17)19-13/h7,9-11H,3-6,8H2,1-2H3/t9-,10?/m0/s1. The van der Waals surface area contributed by atoms with E-state index in [1.807, 2.05) is 6.07 Å². The van der Waals surface area contributed by atoms with Gasteiger partial charge in [-0.1, -0.05) is 11.6 Å². The molecule has 3 nitrogen and oxygen atoms in total. The molecule has 0 bridgehead atoms. The monoisotopic (exact) mass is 423 g/mol. The average molecular weight is 424 g/mol. The topological polar surface area (TPSA) is 19.4 Å². The minimum absolute atomic E-state index is 0.119. The van der Waals surface area contributed by atoms with Crippen molar-refractivity contribution < 1.29 is 4.39 Å². The Kier molecular flexibility index (Phi) is 4.62. The molecule has 1 saturated heterocycles. The van der Waals surface area contributed by atoms with Crippen molar-refractivity contribution in [2.24, 2.45) is 5.92 Å². The molecule has 0 amide bonds. The molecule has 0 N–H and O–H groups in total. The molecule has 1 saturated carbocycles. The van der Waals surface area contributed by atoms with Gasteiger partial charge in [0.05, 0.1) is 0 Å². The van der Waals surface area contributed by atoms with E-state index in [-0.39, 0.29) is 5.02 Å². The molecule has 116 valence electrons. The maximum absolute atomic E-state index is 13.8. The third-order valence-electron chi connectivity index (χ3n) is 4.69. The smallest absolute Gasteiger partial charge is 0.234 e. The highest BCUT2D eigenvalue weighted by Gasteiger charge is 2.35. The molecule has 1 aliphatic heterocycles. The molecule has 1 unspecified atom stereocenters. The van der Waals surface area contributed by atoms with E-state index in [9.17, 15) is 4.39 Å². The predicted molar refractivity (Wildman–Crippen MR) is 92.5 cm³/mol. The number of nitrogens with zero attached hydrogens (tertiary/aromatic N) is 3. The normalized spacial score (nSPS) is 25.2. The Morgan fingerprint density at radius 2 is 2.14 bits per heavy atom. The van der Waals surface area contributed by atoms with Crippen LogP contribution in [0, 0.1) is 15.4 Å². The number of aromatic nitrogens is 1. The fraction of sp³-hybridized carbons (Fsp3) is 0.667. The summed E-state index contributed by atoms with van der Waals surface area (Å²) in [6.07, 6.45) is 2.75. The molecule has 1 aromatic heterocycles. The van der Waals surface area contributed by atoms with Crippen molar-refractivity contribution in [2.75, 3.05) is 24.5 Å². The SMILES string of the molecule is CC(C1CC1)N1CCN(c2cc(I)c(Cl)c(F)n2)[C@@H](C)C1. The van der Waals surface area contributed by atoms with Gasteiger partial charge in [-0.2, -0.15) is 4.39 Å². The van der Waals surface area contributed by atoms with Crippen LogP contribution >= 0.6 is 34.2 Å². The number of piperazine rings is 1. The molecule has 2 heterocycles. The van der Waals surface area contributed by atoms with Crippen molar-refractivity contribution >= 4 is 40.0 Å². The van der Waals surface area contributed by atoms with Crippen LogP contribution in [0.2, 0.25) is 5.02 Å². The first-order chi connectivity index (χ1) is 9.97. The Morgan fingerprint density at radius 1 is 1.43 bits per heavy atom. The van der Waals surface area contributed by atoms with Crippen molar-refractivity contribution in [2.45, 2.75) is 38.8 Å². The summed E-state index contributed by atoms with van der Waals surface area (Å²) in [6.45, 7) is 7.45. The molecule has 0 aromatic carbocycles. The van der Waals surface area contributed by atoms with E-state index in [2.05, 4.69) is 51.2 Å². The fourth-order valence-corrected chi connectivity index (χ4v) is 3.78. The Bertz CT molecular complexity index is 515. The first-order valence-corrected chi connectivity index (χ1v) is 8.95. The molecular weight excluding hydrogens is 404 g/mol. The summed E-state index contributed by atoms with van der Waals surface area (Å²) >= 11 is 7.92. The van der Waals surface area contributed by atoms with Crippen molar-refractivity contribution in [1.82, 2.24) is 9.88 Å². The van der Waals surface area contributed by atoms with E-state index in [1.54, 1.807) is 0 Å². The van der Waals surface area contributed by atoms with Gasteiger partial charge in [-0.05, 0) is 61.3 Å². The predicted octanol–water partition coefficient (Wildman–Crippen LogP) is 3.79. The van der Waals surface area contributed by atoms with Gasteiger partial charge in [0.15, 0.2) is 0 Å². The lowest BCUT2D eigenvalue weighted by molar-refractivity contribution is 0.158. The second-order valence-corrected chi connectivity index (χ2v) is 7.72. The highest BCUT2D eigenvalue weighted by molar-refractivity contribution is 14.1. The summed E-state index contributed by atoms with van der Waals surface area (Å²) in [5.74, 6) is 1.02. The van der Waals surface area contributed by atoms with Crippen LogP contribution in [0.4, 0.5) is 10.2 Å². The lowest BCUT2D eigenvalue weighted by Crippen LogP contribution is -2.55. The van der Waals surface area contributed by atoms with Crippen LogP contribution in [0.15, 0.2) is 6.07 Å². The largest absolute Gasteiger partial charge is 0.351 e. The summed E-state index contributed by atoms with van der Waals surface area (Å²) in [7, 11) is 0. The second-order valence-electron chi connectivity index (χ2n) is 6.18. The molecule has 2 atom stereocenters. The molecule has 6 heteroatoms. The van der Waals surface area contributed by atoms with Gasteiger partial charge in [0.25, 0.3) is 0 Å². The maximum atomic E-state index is 13.8. The van der Waals surface area contributed by atoms with Gasteiger partial charge in [0.2, 0.25) is 5.95 Å². The maximum Gasteiger partial charge on any atom is 0.234 e. The van der Waals surface area contributed by atoms with Crippen LogP contribution in [0.1, 0.15) is 26.7 Å². The fourth-order valence-electron chi connectivity index (χ4n) is 3.18. The van der Waals surface area contributed by atoms with E-state index in [0.29, 0.717) is 17.9 Å². The average Bonchev–Trinajstić information content (AvgIpc) is 3.28. The van der Waals surface area contributed by atoms with Crippen molar-refractivity contribution in [1.29, 1.82) is 0 Å². The molecule has 0 spiro atoms. The van der Waals surface area contributed by atoms with E-state index >= 15 is 0 Å². The van der Waals surface area contributed by atoms with Gasteiger partial charge in [-0.25, -0.2) is 4.98 Å². The van der Waals surface area contributed by atoms with Crippen LogP contribution in [-0.2, 0) is 0 Å². The highest BCUT2D eigenvalue weighted by atomic mass is 127. The molecule has 2 aliphatic rings. The summed E-state index contributed by atoms with van der Waals surface area (Å²) in [4.78, 5) is 8.79. The minimum Gasteiger partial charge on any atom is -0.351 e. The van der Waals surface area contributed by atoms with Gasteiger partial charge in [-0.15, -0.1) is 0 Å². The van der Waals surface area contributed by atoms with Crippen LogP contribution < -0.4 is 4.90 Å². The Morgan fingerprint density at radius 3 is 2.71 bits per heavy atom. The summed E-state index contributed by atoms with van der Waals surface area (Å²) in [5.41, 5.74) is 0. The zero-order chi connectivity index (χ0) is 15.1. The van der Waals surface area contributed by atoms with Crippen molar-refractivity contribution in [3.8, 4) is 0 Å². The number of halogens is 3. The highest BCUT2D eigenvalue weighted by Crippen LogP contribution is 2.36. The zero-order valence-electron chi connectivity index (χ0n) is 12.3. The van der Waals surface area contributed by atoms with Crippen molar-refractivity contribution in [3.63, 3.8) is 0 Å². The van der Waals surface area contributed by atoms with E-state index < -0.39 is 5.95 Å². The summed E-state index contributed by atoms with van der Waals surface area (Å²) in [5, 5.41) is 0.119. The molecular formula is C15H20ClFIN3. The summed E-state index contributed by atoms with van der Waals surface area (Å²) < 4.78 is 14.5. The molecule has 21 heavy (non-hydrogen) atoms. The first kappa shape index (κ1) is 15.7. The molecule has 3 rings (SSSR count). The Labute approximate surface area is 144 Å². The number of hydrogen-bond acceptors (Lipinski definition) is 3. The zero-order valence-corrected chi connectivity index (χ0v) is 15.2. The molecule has 0 radical (unpaired) electrons. The number of rotatable bonds is 3. The molecule has 1 aliphatic carbocycles. The van der Waals surface area contributed by atoms with Crippen LogP contribution in [0.3, 0.4) is 0 Å². The van der Waals surface area contributed by atoms with Crippen LogP contribution in [0.5, 0.6) is 0 Å². The summed E-state index contributed by atoms with van der Waals surface area (Å²) in [6, 6.07) is 2.89. The number of pyridine rings is 1. The third-order valence-corrected chi connectivity index (χ3v) is 6.22. The van der Waals surface area contributed by atoms with Crippen LogP contribution in [0.25, 0.3) is 0 Å². The number of hydrogen-bond donors (Lipinski definition) is 0. The van der Waals surface area contributed by atoms with E-state index in [4.69, 9.17) is 11.6 Å². The minimum atomic E-state index is -0.570. The van der Waals surface area contributed by atoms with Crippen molar-refractivity contribution in [3.05, 3.63) is 20.6 Å².